The average Bonchev–Trinajstić information content (AvgIpc) is 3.65. The zero-order valence-electron chi connectivity index (χ0n) is 16.5. The van der Waals surface area contributed by atoms with Gasteiger partial charge in [0.1, 0.15) is 0 Å². The molecule has 2 amide bonds. The van der Waals surface area contributed by atoms with E-state index in [2.05, 4.69) is 25.9 Å². The Kier molecular flexibility index (Phi) is 5.47. The first-order valence-corrected chi connectivity index (χ1v) is 10.1. The van der Waals surface area contributed by atoms with Crippen molar-refractivity contribution in [2.75, 3.05) is 13.1 Å². The van der Waals surface area contributed by atoms with Gasteiger partial charge in [-0.3, -0.25) is 14.4 Å². The molecule has 0 radical (unpaired) electrons. The van der Waals surface area contributed by atoms with Crippen molar-refractivity contribution in [3.05, 3.63) is 29.8 Å². The van der Waals surface area contributed by atoms with E-state index in [0.29, 0.717) is 22.9 Å². The molecule has 3 N–H and O–H groups in total. The third-order valence-corrected chi connectivity index (χ3v) is 6.25. The molecule has 10 heteroatoms. The number of H-pyrrole nitrogens is 1. The van der Waals surface area contributed by atoms with Crippen molar-refractivity contribution < 1.29 is 19.5 Å². The molecule has 10 nitrogen and oxygen atoms in total. The summed E-state index contributed by atoms with van der Waals surface area (Å²) in [6.07, 6.45) is 5.05. The predicted octanol–water partition coefficient (Wildman–Crippen LogP) is 1.09. The SMILES string of the molecule is O=C(NC1CC12CCN(C(=O)C1CC1)CC2)c1ccccc1-c1nn[nH]n1.O=CO. The summed E-state index contributed by atoms with van der Waals surface area (Å²) in [6.45, 7) is 1.39. The van der Waals surface area contributed by atoms with Crippen LogP contribution in [-0.4, -0.2) is 68.0 Å². The highest BCUT2D eigenvalue weighted by atomic mass is 16.3. The van der Waals surface area contributed by atoms with E-state index in [-0.39, 0.29) is 29.8 Å². The number of hydrogen-bond donors (Lipinski definition) is 3. The molecule has 1 aromatic carbocycles. The minimum atomic E-state index is -0.250. The van der Waals surface area contributed by atoms with Gasteiger partial charge in [0, 0.05) is 30.6 Å². The van der Waals surface area contributed by atoms with Gasteiger partial charge in [-0.2, -0.15) is 5.21 Å². The van der Waals surface area contributed by atoms with Crippen molar-refractivity contribution in [3.8, 4) is 11.4 Å². The second kappa shape index (κ2) is 8.21. The molecule has 1 aromatic heterocycles. The largest absolute Gasteiger partial charge is 0.483 e. The minimum absolute atomic E-state index is 0.103. The molecule has 158 valence electrons. The molecule has 1 spiro atoms. The maximum atomic E-state index is 12.8. The van der Waals surface area contributed by atoms with Crippen molar-refractivity contribution in [3.63, 3.8) is 0 Å². The molecular weight excluding hydrogens is 388 g/mol. The van der Waals surface area contributed by atoms with Gasteiger partial charge in [-0.15, -0.1) is 10.2 Å². The zero-order chi connectivity index (χ0) is 21.1. The van der Waals surface area contributed by atoms with Gasteiger partial charge in [-0.25, -0.2) is 0 Å². The molecule has 30 heavy (non-hydrogen) atoms. The van der Waals surface area contributed by atoms with Crippen LogP contribution in [-0.2, 0) is 9.59 Å². The maximum Gasteiger partial charge on any atom is 0.290 e. The lowest BCUT2D eigenvalue weighted by molar-refractivity contribution is -0.134. The Morgan fingerprint density at radius 3 is 2.57 bits per heavy atom. The quantitative estimate of drug-likeness (QED) is 0.638. The van der Waals surface area contributed by atoms with E-state index in [4.69, 9.17) is 9.90 Å². The predicted molar refractivity (Wildman–Crippen MR) is 105 cm³/mol. The molecule has 2 heterocycles. The number of likely N-dealkylation sites (tertiary alicyclic amines) is 1. The second-order valence-electron chi connectivity index (χ2n) is 8.08. The highest BCUT2D eigenvalue weighted by molar-refractivity contribution is 6.00. The first-order valence-electron chi connectivity index (χ1n) is 10.1. The van der Waals surface area contributed by atoms with Crippen LogP contribution >= 0.6 is 0 Å². The summed E-state index contributed by atoms with van der Waals surface area (Å²) in [6, 6.07) is 7.48. The summed E-state index contributed by atoms with van der Waals surface area (Å²) < 4.78 is 0. The van der Waals surface area contributed by atoms with Crippen LogP contribution in [0.2, 0.25) is 0 Å². The monoisotopic (exact) mass is 412 g/mol. The molecule has 3 fully saturated rings. The van der Waals surface area contributed by atoms with Gasteiger partial charge in [-0.05, 0) is 48.8 Å². The molecule has 0 bridgehead atoms. The number of aromatic nitrogens is 4. The molecule has 2 saturated carbocycles. The molecule has 1 unspecified atom stereocenters. The Balaban J connectivity index is 0.000000687. The van der Waals surface area contributed by atoms with E-state index in [1.54, 1.807) is 6.07 Å². The lowest BCUT2D eigenvalue weighted by Gasteiger charge is -2.33. The third kappa shape index (κ3) is 4.03. The van der Waals surface area contributed by atoms with Gasteiger partial charge in [0.15, 0.2) is 0 Å². The van der Waals surface area contributed by atoms with E-state index in [1.165, 1.54) is 0 Å². The maximum absolute atomic E-state index is 12.8. The van der Waals surface area contributed by atoms with Crippen molar-refractivity contribution in [2.45, 2.75) is 38.1 Å². The standard InChI is InChI=1S/C19H22N6O2.CH2O2/c26-17(14-4-2-1-3-13(14)16-21-23-24-22-16)20-15-11-19(15)7-9-25(10-8-19)18(27)12-5-6-12;2-1-3/h1-4,12,15H,5-11H2,(H,20,26)(H,21,22,23,24);1H,(H,2,3). The number of amides is 2. The van der Waals surface area contributed by atoms with E-state index >= 15 is 0 Å². The Morgan fingerprint density at radius 2 is 1.93 bits per heavy atom. The molecule has 1 aliphatic heterocycles. The number of carbonyl (C=O) groups is 3. The van der Waals surface area contributed by atoms with Crippen LogP contribution in [0.1, 0.15) is 42.5 Å². The number of nitrogens with zero attached hydrogens (tertiary/aromatic N) is 4. The first kappa shape index (κ1) is 20.0. The van der Waals surface area contributed by atoms with Crippen LogP contribution in [0.15, 0.2) is 24.3 Å². The van der Waals surface area contributed by atoms with Crippen molar-refractivity contribution >= 4 is 18.3 Å². The van der Waals surface area contributed by atoms with Crippen molar-refractivity contribution in [1.29, 1.82) is 0 Å². The number of carbonyl (C=O) groups excluding carboxylic acids is 2. The summed E-state index contributed by atoms with van der Waals surface area (Å²) in [7, 11) is 0. The zero-order valence-corrected chi connectivity index (χ0v) is 16.5. The number of hydrogen-bond acceptors (Lipinski definition) is 6. The lowest BCUT2D eigenvalue weighted by Crippen LogP contribution is -2.42. The Bertz CT molecular complexity index is 919. The smallest absolute Gasteiger partial charge is 0.290 e. The van der Waals surface area contributed by atoms with E-state index in [0.717, 1.165) is 45.2 Å². The Hall–Kier alpha value is -3.30. The normalized spacial score (nSPS) is 21.3. The van der Waals surface area contributed by atoms with Gasteiger partial charge in [0.2, 0.25) is 11.7 Å². The number of carboxylic acid groups (broad SMARTS) is 1. The fourth-order valence-electron chi connectivity index (χ4n) is 4.25. The number of piperidine rings is 1. The molecule has 1 atom stereocenters. The molecule has 3 aliphatic rings. The molecule has 5 rings (SSSR count). The third-order valence-electron chi connectivity index (χ3n) is 6.25. The van der Waals surface area contributed by atoms with Crippen LogP contribution in [0.3, 0.4) is 0 Å². The summed E-state index contributed by atoms with van der Waals surface area (Å²) in [5.41, 5.74) is 1.39. The number of aromatic amines is 1. The fourth-order valence-corrected chi connectivity index (χ4v) is 4.25. The topological polar surface area (TPSA) is 141 Å². The van der Waals surface area contributed by atoms with Gasteiger partial charge in [0.05, 0.1) is 5.56 Å². The van der Waals surface area contributed by atoms with Crippen LogP contribution in [0, 0.1) is 11.3 Å². The first-order chi connectivity index (χ1) is 14.6. The van der Waals surface area contributed by atoms with Crippen molar-refractivity contribution in [1.82, 2.24) is 30.8 Å². The van der Waals surface area contributed by atoms with E-state index in [1.807, 2.05) is 23.1 Å². The van der Waals surface area contributed by atoms with E-state index in [9.17, 15) is 9.59 Å². The molecule has 2 aromatic rings. The second-order valence-corrected chi connectivity index (χ2v) is 8.08. The van der Waals surface area contributed by atoms with E-state index < -0.39 is 0 Å². The molecule has 1 saturated heterocycles. The van der Waals surface area contributed by atoms with Gasteiger partial charge < -0.3 is 15.3 Å². The number of benzene rings is 1. The Labute approximate surface area is 173 Å². The fraction of sp³-hybridized carbons (Fsp3) is 0.500. The highest BCUT2D eigenvalue weighted by Gasteiger charge is 2.56. The van der Waals surface area contributed by atoms with Crippen LogP contribution in [0.25, 0.3) is 11.4 Å². The van der Waals surface area contributed by atoms with Gasteiger partial charge in [-0.1, -0.05) is 18.2 Å². The highest BCUT2D eigenvalue weighted by Crippen LogP contribution is 2.54. The van der Waals surface area contributed by atoms with Crippen LogP contribution < -0.4 is 5.32 Å². The summed E-state index contributed by atoms with van der Waals surface area (Å²) in [5.74, 6) is 0.933. The summed E-state index contributed by atoms with van der Waals surface area (Å²) in [5, 5.41) is 24.1. The summed E-state index contributed by atoms with van der Waals surface area (Å²) in [4.78, 5) is 35.4. The van der Waals surface area contributed by atoms with Crippen LogP contribution in [0.4, 0.5) is 0 Å². The van der Waals surface area contributed by atoms with Crippen LogP contribution in [0.5, 0.6) is 0 Å². The Morgan fingerprint density at radius 1 is 1.23 bits per heavy atom. The van der Waals surface area contributed by atoms with Gasteiger partial charge >= 0.3 is 0 Å². The number of nitrogens with one attached hydrogen (secondary N) is 2. The molecule has 2 aliphatic carbocycles. The lowest BCUT2D eigenvalue weighted by atomic mass is 9.92. The molecular formula is C20H24N6O4. The van der Waals surface area contributed by atoms with Gasteiger partial charge in [0.25, 0.3) is 12.4 Å². The summed E-state index contributed by atoms with van der Waals surface area (Å²) >= 11 is 0. The van der Waals surface area contributed by atoms with Crippen molar-refractivity contribution in [2.24, 2.45) is 11.3 Å². The average molecular weight is 412 g/mol. The number of rotatable bonds is 4. The number of tetrazole rings is 1. The minimum Gasteiger partial charge on any atom is -0.483 e.